The fourth-order valence-electron chi connectivity index (χ4n) is 7.66. The Morgan fingerprint density at radius 2 is 1.11 bits per heavy atom. The van der Waals surface area contributed by atoms with Gasteiger partial charge in [0, 0.05) is 25.3 Å². The first-order valence-corrected chi connectivity index (χ1v) is 22.7. The molecule has 0 heterocycles. The van der Waals surface area contributed by atoms with Gasteiger partial charge in [0.25, 0.3) is 0 Å². The number of esters is 3. The highest BCUT2D eigenvalue weighted by Gasteiger charge is 2.33. The summed E-state index contributed by atoms with van der Waals surface area (Å²) in [5.74, 6) is -2.57. The third-order valence-corrected chi connectivity index (χ3v) is 10.5. The van der Waals surface area contributed by atoms with Gasteiger partial charge in [0.05, 0.1) is 0 Å². The summed E-state index contributed by atoms with van der Waals surface area (Å²) in [5.41, 5.74) is 2.71. The van der Waals surface area contributed by atoms with Crippen LogP contribution >= 0.6 is 0 Å². The molecule has 66 heavy (non-hydrogen) atoms. The van der Waals surface area contributed by atoms with Gasteiger partial charge in [0.15, 0.2) is 0 Å². The van der Waals surface area contributed by atoms with E-state index in [4.69, 9.17) is 18.9 Å². The first-order valence-electron chi connectivity index (χ1n) is 22.7. The van der Waals surface area contributed by atoms with Crippen LogP contribution < -0.4 is 21.3 Å². The summed E-state index contributed by atoms with van der Waals surface area (Å²) < 4.78 is 22.3. The van der Waals surface area contributed by atoms with Crippen LogP contribution in [0.25, 0.3) is 21.9 Å². The molecule has 14 heteroatoms. The molecule has 4 N–H and O–H groups in total. The van der Waals surface area contributed by atoms with E-state index >= 15 is 0 Å². The predicted octanol–water partition coefficient (Wildman–Crippen LogP) is 8.42. The second-order valence-corrected chi connectivity index (χ2v) is 19.6. The molecule has 14 nitrogen and oxygen atoms in total. The molecular formula is C52H66N4O10. The number of hydrogen-bond acceptors (Lipinski definition) is 10. The Morgan fingerprint density at radius 1 is 0.576 bits per heavy atom. The van der Waals surface area contributed by atoms with Crippen LogP contribution in [0, 0.1) is 0 Å². The number of nitrogens with one attached hydrogen (secondary N) is 4. The molecule has 0 bridgehead atoms. The maximum absolute atomic E-state index is 13.9. The highest BCUT2D eigenvalue weighted by Crippen LogP contribution is 2.44. The average Bonchev–Trinajstić information content (AvgIpc) is 3.55. The van der Waals surface area contributed by atoms with Gasteiger partial charge in [-0.3, -0.25) is 9.59 Å². The summed E-state index contributed by atoms with van der Waals surface area (Å²) in [7, 11) is 0. The van der Waals surface area contributed by atoms with Crippen LogP contribution in [0.4, 0.5) is 9.59 Å². The van der Waals surface area contributed by atoms with Gasteiger partial charge < -0.3 is 40.2 Å². The van der Waals surface area contributed by atoms with Crippen molar-refractivity contribution < 1.29 is 47.7 Å². The summed E-state index contributed by atoms with van der Waals surface area (Å²) in [4.78, 5) is 79.8. The lowest BCUT2D eigenvalue weighted by atomic mass is 9.98. The van der Waals surface area contributed by atoms with Crippen LogP contribution in [0.15, 0.2) is 91.0 Å². The largest absolute Gasteiger partial charge is 0.460 e. The molecule has 0 aliphatic heterocycles. The average molecular weight is 907 g/mol. The highest BCUT2D eigenvalue weighted by molar-refractivity contribution is 5.89. The minimum absolute atomic E-state index is 0.0861. The molecule has 4 aromatic rings. The number of carbonyl (C=O) groups is 6. The van der Waals surface area contributed by atoms with Crippen molar-refractivity contribution in [2.24, 2.45) is 0 Å². The van der Waals surface area contributed by atoms with Crippen molar-refractivity contribution in [1.82, 2.24) is 21.3 Å². The standard InChI is InChI=1S/C52H66N4O10/c1-50(2,3)64-44(57)28-27-42(47(60)66-52(7,8)9)55-48(61)54-41(46(59)65-51(4,5)6)24-16-17-29-53-45(58)43(31-33-25-26-34-18-10-11-19-35(34)30-33)56-49(62)63-32-40-38-22-14-12-20-36(38)37-21-13-15-23-39(37)40/h10-15,18-23,25-26,30,40-43H,16-17,24,27-29,31-32H2,1-9H3,(H,53,58)(H,56,62)(H2,54,55,61)/t41-,42-,43-/m0/s1. The van der Waals surface area contributed by atoms with Crippen LogP contribution in [0.3, 0.4) is 0 Å². The van der Waals surface area contributed by atoms with E-state index in [1.165, 1.54) is 0 Å². The van der Waals surface area contributed by atoms with Gasteiger partial charge >= 0.3 is 30.0 Å². The number of carbonyl (C=O) groups excluding carboxylic acids is 6. The third-order valence-electron chi connectivity index (χ3n) is 10.5. The molecule has 4 aromatic carbocycles. The number of fused-ring (bicyclic) bond motifs is 4. The van der Waals surface area contributed by atoms with E-state index in [0.29, 0.717) is 12.8 Å². The molecule has 3 atom stereocenters. The number of amides is 4. The molecular weight excluding hydrogens is 841 g/mol. The van der Waals surface area contributed by atoms with Crippen molar-refractivity contribution in [2.75, 3.05) is 13.2 Å². The number of unbranched alkanes of at least 4 members (excludes halogenated alkanes) is 1. The number of hydrogen-bond donors (Lipinski definition) is 4. The maximum Gasteiger partial charge on any atom is 0.407 e. The quantitative estimate of drug-likeness (QED) is 0.0429. The Balaban J connectivity index is 1.21. The topological polar surface area (TPSA) is 187 Å². The molecule has 1 aliphatic rings. The zero-order valence-electron chi connectivity index (χ0n) is 39.7. The lowest BCUT2D eigenvalue weighted by Crippen LogP contribution is -2.53. The predicted molar refractivity (Wildman–Crippen MR) is 253 cm³/mol. The molecule has 0 saturated heterocycles. The van der Waals surface area contributed by atoms with E-state index in [-0.39, 0.29) is 44.8 Å². The molecule has 0 spiro atoms. The Hall–Kier alpha value is -6.44. The third kappa shape index (κ3) is 15.6. The van der Waals surface area contributed by atoms with E-state index in [2.05, 4.69) is 33.4 Å². The normalized spacial score (nSPS) is 13.8. The van der Waals surface area contributed by atoms with Gasteiger partial charge in [-0.2, -0.15) is 0 Å². The summed E-state index contributed by atoms with van der Waals surface area (Å²) in [6.45, 7) is 15.6. The first-order chi connectivity index (χ1) is 31.0. The fraction of sp³-hybridized carbons (Fsp3) is 0.462. The fourth-order valence-corrected chi connectivity index (χ4v) is 7.66. The van der Waals surface area contributed by atoms with Gasteiger partial charge in [-0.05, 0) is 127 Å². The van der Waals surface area contributed by atoms with Crippen LogP contribution in [0.5, 0.6) is 0 Å². The lowest BCUT2D eigenvalue weighted by Gasteiger charge is -2.27. The van der Waals surface area contributed by atoms with E-state index in [1.54, 1.807) is 62.3 Å². The van der Waals surface area contributed by atoms with Crippen LogP contribution in [-0.4, -0.2) is 84.0 Å². The van der Waals surface area contributed by atoms with Crippen molar-refractivity contribution in [3.05, 3.63) is 108 Å². The van der Waals surface area contributed by atoms with E-state index in [0.717, 1.165) is 38.6 Å². The summed E-state index contributed by atoms with van der Waals surface area (Å²) >= 11 is 0. The smallest absolute Gasteiger partial charge is 0.407 e. The Morgan fingerprint density at radius 3 is 1.68 bits per heavy atom. The van der Waals surface area contributed by atoms with Crippen molar-refractivity contribution in [2.45, 2.75) is 142 Å². The van der Waals surface area contributed by atoms with Gasteiger partial charge in [0.2, 0.25) is 5.91 Å². The summed E-state index contributed by atoms with van der Waals surface area (Å²) in [6.07, 6.45) is 0.0979. The first kappa shape index (κ1) is 50.6. The van der Waals surface area contributed by atoms with Crippen molar-refractivity contribution in [3.8, 4) is 11.1 Å². The van der Waals surface area contributed by atoms with Gasteiger partial charge in [-0.1, -0.05) is 91.0 Å². The Kier molecular flexibility index (Phi) is 17.0. The summed E-state index contributed by atoms with van der Waals surface area (Å²) in [5, 5.41) is 13.0. The molecule has 0 aromatic heterocycles. The van der Waals surface area contributed by atoms with Crippen LogP contribution in [-0.2, 0) is 44.5 Å². The molecule has 0 fully saturated rings. The molecule has 0 unspecified atom stereocenters. The Bertz CT molecular complexity index is 2310. The van der Waals surface area contributed by atoms with Gasteiger partial charge in [-0.25, -0.2) is 19.2 Å². The zero-order valence-corrected chi connectivity index (χ0v) is 39.7. The van der Waals surface area contributed by atoms with Crippen molar-refractivity contribution in [1.29, 1.82) is 0 Å². The highest BCUT2D eigenvalue weighted by atomic mass is 16.6. The molecule has 5 rings (SSSR count). The minimum Gasteiger partial charge on any atom is -0.460 e. The second-order valence-electron chi connectivity index (χ2n) is 19.6. The van der Waals surface area contributed by atoms with Crippen LogP contribution in [0.2, 0.25) is 0 Å². The molecule has 4 amide bonds. The lowest BCUT2D eigenvalue weighted by molar-refractivity contribution is -0.159. The molecule has 0 radical (unpaired) electrons. The summed E-state index contributed by atoms with van der Waals surface area (Å²) in [6, 6.07) is 25.7. The van der Waals surface area contributed by atoms with Crippen molar-refractivity contribution in [3.63, 3.8) is 0 Å². The molecule has 1 aliphatic carbocycles. The minimum atomic E-state index is -1.23. The molecule has 0 saturated carbocycles. The monoisotopic (exact) mass is 906 g/mol. The number of ether oxygens (including phenoxy) is 4. The second kappa shape index (κ2) is 22.2. The van der Waals surface area contributed by atoms with Gasteiger partial charge in [0.1, 0.15) is 41.5 Å². The van der Waals surface area contributed by atoms with Crippen LogP contribution in [0.1, 0.15) is 117 Å². The van der Waals surface area contributed by atoms with E-state index < -0.39 is 70.9 Å². The molecule has 354 valence electrons. The number of benzene rings is 4. The van der Waals surface area contributed by atoms with Gasteiger partial charge in [-0.15, -0.1) is 0 Å². The number of rotatable bonds is 18. The van der Waals surface area contributed by atoms with E-state index in [9.17, 15) is 28.8 Å². The SMILES string of the molecule is CC(C)(C)OC(=O)CC[C@H](NC(=O)N[C@@H](CCCCNC(=O)[C@H](Cc1ccc2ccccc2c1)NC(=O)OCC1c2ccccc2-c2ccccc21)C(=O)OC(C)(C)C)C(=O)OC(C)(C)C. The maximum atomic E-state index is 13.9. The number of urea groups is 1. The van der Waals surface area contributed by atoms with E-state index in [1.807, 2.05) is 78.9 Å². The number of alkyl carbamates (subject to hydrolysis) is 1. The Labute approximate surface area is 388 Å². The zero-order chi connectivity index (χ0) is 48.2. The van der Waals surface area contributed by atoms with Crippen molar-refractivity contribution >= 4 is 46.7 Å².